The number of nitrogens with zero attached hydrogens (tertiary/aromatic N) is 2. The number of nitrogens with one attached hydrogen (secondary N) is 1. The van der Waals surface area contributed by atoms with Crippen LogP contribution < -0.4 is 22.5 Å². The van der Waals surface area contributed by atoms with E-state index in [1.807, 2.05) is 5.43 Å². The van der Waals surface area contributed by atoms with Crippen LogP contribution in [0, 0.1) is 6.92 Å². The molecule has 0 spiro atoms. The largest absolute Gasteiger partial charge is 0.454 e. The molecule has 8 nitrogen and oxygen atoms in total. The molecule has 2 aromatic rings. The molecule has 0 atom stereocenters. The molecule has 112 valence electrons. The summed E-state index contributed by atoms with van der Waals surface area (Å²) in [5.74, 6) is 4.88. The van der Waals surface area contributed by atoms with Crippen molar-refractivity contribution >= 4 is 5.91 Å². The lowest BCUT2D eigenvalue weighted by molar-refractivity contribution is 0.0923. The van der Waals surface area contributed by atoms with Crippen molar-refractivity contribution in [3.63, 3.8) is 0 Å². The standard InChI is InChI=1S/C13H16N4O4/c1-3-16-5-4-10(18)17(13(16)20)7-9-6-8(2)11(21-9)12(19)15-14/h4-6H,3,7,14H2,1-2H3,(H,15,19). The smallest absolute Gasteiger partial charge is 0.331 e. The Morgan fingerprint density at radius 3 is 2.76 bits per heavy atom. The predicted molar refractivity (Wildman–Crippen MR) is 74.8 cm³/mol. The Labute approximate surface area is 119 Å². The summed E-state index contributed by atoms with van der Waals surface area (Å²) in [7, 11) is 0. The van der Waals surface area contributed by atoms with Crippen molar-refractivity contribution in [3.8, 4) is 0 Å². The fourth-order valence-electron chi connectivity index (χ4n) is 2.02. The highest BCUT2D eigenvalue weighted by atomic mass is 16.4. The first-order valence-electron chi connectivity index (χ1n) is 6.38. The van der Waals surface area contributed by atoms with Crippen molar-refractivity contribution in [1.29, 1.82) is 0 Å². The molecule has 2 heterocycles. The van der Waals surface area contributed by atoms with Gasteiger partial charge in [0.05, 0.1) is 6.54 Å². The molecule has 0 fully saturated rings. The molecule has 1 amide bonds. The zero-order chi connectivity index (χ0) is 15.6. The topological polar surface area (TPSA) is 112 Å². The Balaban J connectivity index is 2.42. The van der Waals surface area contributed by atoms with Gasteiger partial charge in [-0.25, -0.2) is 10.6 Å². The van der Waals surface area contributed by atoms with Crippen LogP contribution >= 0.6 is 0 Å². The first kappa shape index (κ1) is 14.8. The molecule has 2 rings (SSSR count). The molecule has 0 aliphatic carbocycles. The Kier molecular flexibility index (Phi) is 4.08. The van der Waals surface area contributed by atoms with E-state index in [4.69, 9.17) is 10.3 Å². The summed E-state index contributed by atoms with van der Waals surface area (Å²) in [4.78, 5) is 35.4. The summed E-state index contributed by atoms with van der Waals surface area (Å²) in [5, 5.41) is 0. The van der Waals surface area contributed by atoms with Gasteiger partial charge in [0.15, 0.2) is 5.76 Å². The molecule has 0 bridgehead atoms. The monoisotopic (exact) mass is 292 g/mol. The minimum absolute atomic E-state index is 0.0444. The van der Waals surface area contributed by atoms with Gasteiger partial charge in [0.2, 0.25) is 0 Å². The molecule has 0 aliphatic heterocycles. The Hall–Kier alpha value is -2.61. The van der Waals surface area contributed by atoms with Crippen molar-refractivity contribution in [2.75, 3.05) is 0 Å². The van der Waals surface area contributed by atoms with Gasteiger partial charge in [0.25, 0.3) is 5.56 Å². The lowest BCUT2D eigenvalue weighted by Crippen LogP contribution is -2.38. The molecule has 21 heavy (non-hydrogen) atoms. The van der Waals surface area contributed by atoms with Crippen LogP contribution in [0.15, 0.2) is 32.3 Å². The van der Waals surface area contributed by atoms with Crippen LogP contribution in [0.5, 0.6) is 0 Å². The number of hydrogen-bond acceptors (Lipinski definition) is 5. The van der Waals surface area contributed by atoms with Crippen LogP contribution in [0.4, 0.5) is 0 Å². The van der Waals surface area contributed by atoms with Gasteiger partial charge in [0, 0.05) is 24.4 Å². The zero-order valence-corrected chi connectivity index (χ0v) is 11.8. The van der Waals surface area contributed by atoms with Gasteiger partial charge in [-0.3, -0.25) is 19.6 Å². The number of carbonyl (C=O) groups excluding carboxylic acids is 1. The highest BCUT2D eigenvalue weighted by Gasteiger charge is 2.16. The lowest BCUT2D eigenvalue weighted by Gasteiger charge is -2.06. The maximum atomic E-state index is 12.1. The van der Waals surface area contributed by atoms with Crippen LogP contribution in [0.1, 0.15) is 28.8 Å². The van der Waals surface area contributed by atoms with Gasteiger partial charge in [-0.1, -0.05) is 0 Å². The van der Waals surface area contributed by atoms with Gasteiger partial charge < -0.3 is 8.98 Å². The van der Waals surface area contributed by atoms with Gasteiger partial charge in [-0.2, -0.15) is 0 Å². The maximum Gasteiger partial charge on any atom is 0.331 e. The summed E-state index contributed by atoms with van der Waals surface area (Å²) < 4.78 is 7.81. The molecule has 0 unspecified atom stereocenters. The van der Waals surface area contributed by atoms with E-state index in [0.717, 1.165) is 4.57 Å². The predicted octanol–water partition coefficient (Wildman–Crippen LogP) is -0.417. The summed E-state index contributed by atoms with van der Waals surface area (Å²) in [6, 6.07) is 2.91. The van der Waals surface area contributed by atoms with E-state index in [1.54, 1.807) is 19.9 Å². The summed E-state index contributed by atoms with van der Waals surface area (Å²) in [5.41, 5.74) is 1.70. The summed E-state index contributed by atoms with van der Waals surface area (Å²) >= 11 is 0. The average Bonchev–Trinajstić information content (AvgIpc) is 2.83. The number of aryl methyl sites for hydroxylation is 2. The molecule has 0 radical (unpaired) electrons. The molecule has 0 aliphatic rings. The molecule has 3 N–H and O–H groups in total. The second-order valence-corrected chi connectivity index (χ2v) is 4.51. The average molecular weight is 292 g/mol. The molecule has 8 heteroatoms. The van der Waals surface area contributed by atoms with E-state index in [2.05, 4.69) is 0 Å². The van der Waals surface area contributed by atoms with E-state index < -0.39 is 17.2 Å². The minimum Gasteiger partial charge on any atom is -0.454 e. The van der Waals surface area contributed by atoms with E-state index in [1.165, 1.54) is 16.8 Å². The number of furan rings is 1. The lowest BCUT2D eigenvalue weighted by atomic mass is 10.2. The van der Waals surface area contributed by atoms with Crippen LogP contribution in [-0.4, -0.2) is 15.0 Å². The fourth-order valence-corrected chi connectivity index (χ4v) is 2.02. The first-order valence-corrected chi connectivity index (χ1v) is 6.38. The molecule has 2 aromatic heterocycles. The Morgan fingerprint density at radius 1 is 1.43 bits per heavy atom. The van der Waals surface area contributed by atoms with Gasteiger partial charge >= 0.3 is 11.6 Å². The second kappa shape index (κ2) is 5.80. The first-order chi connectivity index (χ1) is 9.97. The van der Waals surface area contributed by atoms with E-state index in [-0.39, 0.29) is 12.3 Å². The highest BCUT2D eigenvalue weighted by molar-refractivity contribution is 5.92. The van der Waals surface area contributed by atoms with Gasteiger partial charge in [0.1, 0.15) is 5.76 Å². The van der Waals surface area contributed by atoms with Gasteiger partial charge in [-0.05, 0) is 19.9 Å². The van der Waals surface area contributed by atoms with Gasteiger partial charge in [-0.15, -0.1) is 0 Å². The number of aromatic nitrogens is 2. The number of rotatable bonds is 4. The number of hydrogen-bond donors (Lipinski definition) is 2. The van der Waals surface area contributed by atoms with Crippen LogP contribution in [0.2, 0.25) is 0 Å². The van der Waals surface area contributed by atoms with E-state index >= 15 is 0 Å². The number of nitrogen functional groups attached to an aromatic ring is 1. The number of amides is 1. The SMILES string of the molecule is CCn1ccc(=O)n(Cc2cc(C)c(C(=O)NN)o2)c1=O. The van der Waals surface area contributed by atoms with E-state index in [0.29, 0.717) is 17.9 Å². The van der Waals surface area contributed by atoms with Crippen molar-refractivity contribution < 1.29 is 9.21 Å². The summed E-state index contributed by atoms with van der Waals surface area (Å²) in [6.45, 7) is 3.89. The van der Waals surface area contributed by atoms with Crippen LogP contribution in [-0.2, 0) is 13.1 Å². The maximum absolute atomic E-state index is 12.1. The third kappa shape index (κ3) is 2.79. The number of hydrazine groups is 1. The molecular formula is C13H16N4O4. The third-order valence-corrected chi connectivity index (χ3v) is 3.10. The zero-order valence-electron chi connectivity index (χ0n) is 11.8. The molecule has 0 saturated heterocycles. The van der Waals surface area contributed by atoms with Crippen molar-refractivity contribution in [1.82, 2.24) is 14.6 Å². The van der Waals surface area contributed by atoms with Crippen LogP contribution in [0.3, 0.4) is 0 Å². The molecule has 0 saturated carbocycles. The molecule has 0 aromatic carbocycles. The van der Waals surface area contributed by atoms with Crippen molar-refractivity contribution in [2.45, 2.75) is 26.9 Å². The second-order valence-electron chi connectivity index (χ2n) is 4.51. The van der Waals surface area contributed by atoms with Crippen LogP contribution in [0.25, 0.3) is 0 Å². The van der Waals surface area contributed by atoms with Crippen molar-refractivity contribution in [3.05, 3.63) is 56.3 Å². The number of nitrogens with two attached hydrogens (primary N) is 1. The Bertz CT molecular complexity index is 784. The number of carbonyl (C=O) groups is 1. The van der Waals surface area contributed by atoms with Crippen molar-refractivity contribution in [2.24, 2.45) is 5.84 Å². The normalized spacial score (nSPS) is 10.6. The quantitative estimate of drug-likeness (QED) is 0.451. The van der Waals surface area contributed by atoms with E-state index in [9.17, 15) is 14.4 Å². The minimum atomic E-state index is -0.565. The summed E-state index contributed by atoms with van der Waals surface area (Å²) in [6.07, 6.45) is 1.45. The molecular weight excluding hydrogens is 276 g/mol. The third-order valence-electron chi connectivity index (χ3n) is 3.10. The fraction of sp³-hybridized carbons (Fsp3) is 0.308. The Morgan fingerprint density at radius 2 is 2.14 bits per heavy atom. The highest BCUT2D eigenvalue weighted by Crippen LogP contribution is 2.14.